The molecule has 2 saturated heterocycles. The fourth-order valence-electron chi connectivity index (χ4n) is 3.62. The minimum atomic E-state index is -3.25. The average molecular weight is 399 g/mol. The summed E-state index contributed by atoms with van der Waals surface area (Å²) in [5.41, 5.74) is 2.26. The van der Waals surface area contributed by atoms with Gasteiger partial charge in [0.2, 0.25) is 15.9 Å². The summed E-state index contributed by atoms with van der Waals surface area (Å²) in [5.74, 6) is -0.103. The standard InChI is InChI=1S/C20H21N3O4S/c24-19-7-3-12-22(19)18-6-2-1-5-17(18)21-20(25)15-8-10-16(11-9-15)23-13-4-14-28(23,26)27/h1-2,5-6,8-11H,3-4,7,12-14H2,(H,21,25). The second kappa shape index (κ2) is 7.27. The zero-order chi connectivity index (χ0) is 19.7. The molecular weight excluding hydrogens is 378 g/mol. The van der Waals surface area contributed by atoms with Gasteiger partial charge in [-0.2, -0.15) is 0 Å². The number of para-hydroxylation sites is 2. The number of anilines is 3. The van der Waals surface area contributed by atoms with E-state index in [1.54, 1.807) is 41.3 Å². The maximum absolute atomic E-state index is 12.7. The summed E-state index contributed by atoms with van der Waals surface area (Å²) in [4.78, 5) is 26.4. The van der Waals surface area contributed by atoms with E-state index in [1.807, 2.05) is 12.1 Å². The van der Waals surface area contributed by atoms with Gasteiger partial charge in [-0.25, -0.2) is 8.42 Å². The van der Waals surface area contributed by atoms with Crippen LogP contribution in [0.1, 0.15) is 29.6 Å². The zero-order valence-electron chi connectivity index (χ0n) is 15.3. The monoisotopic (exact) mass is 399 g/mol. The van der Waals surface area contributed by atoms with Crippen LogP contribution in [0, 0.1) is 0 Å². The van der Waals surface area contributed by atoms with Crippen molar-refractivity contribution < 1.29 is 18.0 Å². The molecule has 2 aromatic rings. The van der Waals surface area contributed by atoms with E-state index < -0.39 is 10.0 Å². The van der Waals surface area contributed by atoms with Crippen LogP contribution in [0.4, 0.5) is 17.1 Å². The van der Waals surface area contributed by atoms with Crippen LogP contribution < -0.4 is 14.5 Å². The molecule has 0 atom stereocenters. The minimum absolute atomic E-state index is 0.0536. The summed E-state index contributed by atoms with van der Waals surface area (Å²) >= 11 is 0. The number of hydrogen-bond acceptors (Lipinski definition) is 4. The minimum Gasteiger partial charge on any atom is -0.320 e. The SMILES string of the molecule is O=C(Nc1ccccc1N1CCCC1=O)c1ccc(N2CCCS2(=O)=O)cc1. The fraction of sp³-hybridized carbons (Fsp3) is 0.300. The van der Waals surface area contributed by atoms with Gasteiger partial charge in [0.15, 0.2) is 0 Å². The molecule has 28 heavy (non-hydrogen) atoms. The van der Waals surface area contributed by atoms with Crippen LogP contribution >= 0.6 is 0 Å². The lowest BCUT2D eigenvalue weighted by molar-refractivity contribution is -0.117. The molecule has 1 N–H and O–H groups in total. The van der Waals surface area contributed by atoms with E-state index in [0.717, 1.165) is 6.42 Å². The first kappa shape index (κ1) is 18.5. The Bertz CT molecular complexity index is 1020. The van der Waals surface area contributed by atoms with Gasteiger partial charge >= 0.3 is 0 Å². The van der Waals surface area contributed by atoms with Gasteiger partial charge in [-0.05, 0) is 49.2 Å². The Morgan fingerprint density at radius 3 is 2.36 bits per heavy atom. The Morgan fingerprint density at radius 1 is 0.964 bits per heavy atom. The normalized spacial score (nSPS) is 18.5. The van der Waals surface area contributed by atoms with Crippen molar-refractivity contribution in [2.24, 2.45) is 0 Å². The summed E-state index contributed by atoms with van der Waals surface area (Å²) in [5, 5.41) is 2.86. The average Bonchev–Trinajstić information content (AvgIpc) is 3.27. The predicted octanol–water partition coefficient (Wildman–Crippen LogP) is 2.61. The highest BCUT2D eigenvalue weighted by molar-refractivity contribution is 7.93. The van der Waals surface area contributed by atoms with Crippen molar-refractivity contribution in [3.05, 3.63) is 54.1 Å². The number of rotatable bonds is 4. The van der Waals surface area contributed by atoms with Crippen LogP contribution in [0.5, 0.6) is 0 Å². The third kappa shape index (κ3) is 3.47. The zero-order valence-corrected chi connectivity index (χ0v) is 16.1. The maximum atomic E-state index is 12.7. The molecule has 0 unspecified atom stereocenters. The van der Waals surface area contributed by atoms with Crippen LogP contribution in [0.2, 0.25) is 0 Å². The largest absolute Gasteiger partial charge is 0.320 e. The van der Waals surface area contributed by atoms with Crippen molar-refractivity contribution in [1.29, 1.82) is 0 Å². The molecule has 0 aliphatic carbocycles. The van der Waals surface area contributed by atoms with Crippen molar-refractivity contribution in [1.82, 2.24) is 0 Å². The van der Waals surface area contributed by atoms with Crippen molar-refractivity contribution in [3.8, 4) is 0 Å². The van der Waals surface area contributed by atoms with Gasteiger partial charge in [-0.15, -0.1) is 0 Å². The first-order chi connectivity index (χ1) is 13.5. The van der Waals surface area contributed by atoms with E-state index >= 15 is 0 Å². The molecule has 146 valence electrons. The van der Waals surface area contributed by atoms with Crippen molar-refractivity contribution in [3.63, 3.8) is 0 Å². The molecule has 2 aliphatic heterocycles. The number of nitrogens with zero attached hydrogens (tertiary/aromatic N) is 2. The number of carbonyl (C=O) groups is 2. The smallest absolute Gasteiger partial charge is 0.255 e. The van der Waals surface area contributed by atoms with Crippen molar-refractivity contribution in [2.75, 3.05) is 33.4 Å². The third-order valence-electron chi connectivity index (χ3n) is 5.03. The summed E-state index contributed by atoms with van der Waals surface area (Å²) < 4.78 is 25.4. The van der Waals surface area contributed by atoms with Crippen LogP contribution in [0.3, 0.4) is 0 Å². The lowest BCUT2D eigenvalue weighted by Crippen LogP contribution is -2.26. The number of hydrogen-bond donors (Lipinski definition) is 1. The molecule has 0 saturated carbocycles. The number of nitrogens with one attached hydrogen (secondary N) is 1. The van der Waals surface area contributed by atoms with Gasteiger partial charge in [-0.1, -0.05) is 12.1 Å². The number of sulfonamides is 1. The highest BCUT2D eigenvalue weighted by atomic mass is 32.2. The Labute approximate surface area is 164 Å². The highest BCUT2D eigenvalue weighted by Gasteiger charge is 2.28. The molecule has 2 aliphatic rings. The summed E-state index contributed by atoms with van der Waals surface area (Å²) in [7, 11) is -3.25. The second-order valence-corrected chi connectivity index (χ2v) is 8.92. The van der Waals surface area contributed by atoms with Gasteiger partial charge in [0.05, 0.1) is 22.8 Å². The molecule has 2 fully saturated rings. The third-order valence-corrected chi connectivity index (χ3v) is 6.90. The lowest BCUT2D eigenvalue weighted by atomic mass is 10.1. The van der Waals surface area contributed by atoms with E-state index in [0.29, 0.717) is 48.6 Å². The molecule has 0 radical (unpaired) electrons. The maximum Gasteiger partial charge on any atom is 0.255 e. The van der Waals surface area contributed by atoms with E-state index in [1.165, 1.54) is 4.31 Å². The second-order valence-electron chi connectivity index (χ2n) is 6.91. The first-order valence-electron chi connectivity index (χ1n) is 9.27. The molecule has 7 nitrogen and oxygen atoms in total. The molecule has 4 rings (SSSR count). The van der Waals surface area contributed by atoms with Crippen molar-refractivity contribution >= 4 is 38.9 Å². The van der Waals surface area contributed by atoms with Gasteiger partial charge < -0.3 is 10.2 Å². The molecular formula is C20H21N3O4S. The quantitative estimate of drug-likeness (QED) is 0.856. The van der Waals surface area contributed by atoms with Gasteiger partial charge in [0.1, 0.15) is 0 Å². The summed E-state index contributed by atoms with van der Waals surface area (Å²) in [6.07, 6.45) is 1.93. The van der Waals surface area contributed by atoms with E-state index in [2.05, 4.69) is 5.32 Å². The summed E-state index contributed by atoms with van der Waals surface area (Å²) in [6, 6.07) is 13.7. The molecule has 2 amide bonds. The van der Waals surface area contributed by atoms with E-state index in [9.17, 15) is 18.0 Å². The van der Waals surface area contributed by atoms with Gasteiger partial charge in [-0.3, -0.25) is 13.9 Å². The van der Waals surface area contributed by atoms with E-state index in [-0.39, 0.29) is 17.6 Å². The lowest BCUT2D eigenvalue weighted by Gasteiger charge is -2.20. The Morgan fingerprint density at radius 2 is 1.71 bits per heavy atom. The molecule has 0 aromatic heterocycles. The van der Waals surface area contributed by atoms with Gasteiger partial charge in [0, 0.05) is 25.1 Å². The molecule has 0 spiro atoms. The Balaban J connectivity index is 1.53. The molecule has 2 heterocycles. The Kier molecular flexibility index (Phi) is 4.80. The van der Waals surface area contributed by atoms with Crippen LogP contribution in [0.15, 0.2) is 48.5 Å². The van der Waals surface area contributed by atoms with E-state index in [4.69, 9.17) is 0 Å². The highest BCUT2D eigenvalue weighted by Crippen LogP contribution is 2.30. The van der Waals surface area contributed by atoms with Crippen molar-refractivity contribution in [2.45, 2.75) is 19.3 Å². The first-order valence-corrected chi connectivity index (χ1v) is 10.9. The van der Waals surface area contributed by atoms with Crippen LogP contribution in [-0.2, 0) is 14.8 Å². The van der Waals surface area contributed by atoms with Crippen LogP contribution in [-0.4, -0.2) is 39.1 Å². The van der Waals surface area contributed by atoms with Crippen LogP contribution in [0.25, 0.3) is 0 Å². The predicted molar refractivity (Wildman–Crippen MR) is 108 cm³/mol. The summed E-state index contributed by atoms with van der Waals surface area (Å²) in [6.45, 7) is 1.11. The molecule has 2 aromatic carbocycles. The number of carbonyl (C=O) groups excluding carboxylic acids is 2. The van der Waals surface area contributed by atoms with Gasteiger partial charge in [0.25, 0.3) is 5.91 Å². The number of benzene rings is 2. The number of amides is 2. The topological polar surface area (TPSA) is 86.8 Å². The Hall–Kier alpha value is -2.87. The molecule has 0 bridgehead atoms. The fourth-order valence-corrected chi connectivity index (χ4v) is 5.19. The molecule has 8 heteroatoms.